The first-order valence-corrected chi connectivity index (χ1v) is 12.6. The van der Waals surface area contributed by atoms with Crippen LogP contribution in [0.2, 0.25) is 0 Å². The first-order valence-electron chi connectivity index (χ1n) is 11.5. The number of amides is 2. The van der Waals surface area contributed by atoms with Crippen molar-refractivity contribution in [2.45, 2.75) is 18.1 Å². The van der Waals surface area contributed by atoms with Gasteiger partial charge < -0.3 is 19.1 Å². The van der Waals surface area contributed by atoms with Crippen molar-refractivity contribution in [1.29, 1.82) is 0 Å². The molecule has 188 valence electrons. The minimum absolute atomic E-state index is 0.0418. The monoisotopic (exact) mass is 515 g/mol. The van der Waals surface area contributed by atoms with Crippen LogP contribution in [0.4, 0.5) is 18.9 Å². The van der Waals surface area contributed by atoms with Crippen LogP contribution in [0.1, 0.15) is 32.6 Å². The van der Waals surface area contributed by atoms with E-state index in [1.165, 1.54) is 17.8 Å². The molecule has 2 amide bonds. The molecular formula is C26H24F3N3O3S. The lowest BCUT2D eigenvalue weighted by molar-refractivity contribution is -0.137. The van der Waals surface area contributed by atoms with Gasteiger partial charge in [0, 0.05) is 37.4 Å². The molecule has 5 rings (SSSR count). The fourth-order valence-electron chi connectivity index (χ4n) is 4.49. The molecule has 0 saturated carbocycles. The summed E-state index contributed by atoms with van der Waals surface area (Å²) in [5.41, 5.74) is 1.30. The molecule has 0 bridgehead atoms. The summed E-state index contributed by atoms with van der Waals surface area (Å²) in [5, 5.41) is -0.150. The van der Waals surface area contributed by atoms with Crippen molar-refractivity contribution in [2.24, 2.45) is 0 Å². The van der Waals surface area contributed by atoms with Crippen LogP contribution in [0.5, 0.6) is 0 Å². The Bertz CT molecular complexity index is 1220. The summed E-state index contributed by atoms with van der Waals surface area (Å²) in [6, 6.07) is 16.2. The minimum Gasteiger partial charge on any atom is -0.467 e. The number of halogens is 3. The Morgan fingerprint density at radius 3 is 2.42 bits per heavy atom. The third-order valence-corrected chi connectivity index (χ3v) is 7.68. The van der Waals surface area contributed by atoms with Gasteiger partial charge in [0.1, 0.15) is 11.1 Å². The van der Waals surface area contributed by atoms with Crippen LogP contribution in [0.25, 0.3) is 0 Å². The summed E-state index contributed by atoms with van der Waals surface area (Å²) in [5.74, 6) is 1.03. The van der Waals surface area contributed by atoms with Crippen LogP contribution < -0.4 is 4.90 Å². The molecule has 3 aromatic rings. The summed E-state index contributed by atoms with van der Waals surface area (Å²) in [6.45, 7) is 2.13. The zero-order chi connectivity index (χ0) is 25.3. The molecule has 2 aliphatic rings. The molecule has 36 heavy (non-hydrogen) atoms. The van der Waals surface area contributed by atoms with Crippen LogP contribution in [-0.2, 0) is 17.5 Å². The van der Waals surface area contributed by atoms with Crippen molar-refractivity contribution < 1.29 is 27.2 Å². The lowest BCUT2D eigenvalue weighted by Crippen LogP contribution is -2.48. The maximum absolute atomic E-state index is 13.1. The van der Waals surface area contributed by atoms with Gasteiger partial charge >= 0.3 is 6.18 Å². The van der Waals surface area contributed by atoms with Gasteiger partial charge in [-0.1, -0.05) is 18.2 Å². The van der Waals surface area contributed by atoms with E-state index in [1.54, 1.807) is 40.3 Å². The quantitative estimate of drug-likeness (QED) is 0.477. The molecule has 2 saturated heterocycles. The number of benzene rings is 2. The number of rotatable bonds is 5. The van der Waals surface area contributed by atoms with E-state index in [0.29, 0.717) is 55.5 Å². The summed E-state index contributed by atoms with van der Waals surface area (Å²) in [6.07, 6.45) is -2.81. The normalized spacial score (nSPS) is 18.7. The van der Waals surface area contributed by atoms with E-state index in [9.17, 15) is 22.8 Å². The van der Waals surface area contributed by atoms with E-state index in [2.05, 4.69) is 0 Å². The third-order valence-electron chi connectivity index (χ3n) is 6.42. The van der Waals surface area contributed by atoms with Gasteiger partial charge in [-0.3, -0.25) is 9.59 Å². The number of furan rings is 1. The van der Waals surface area contributed by atoms with Crippen LogP contribution in [-0.4, -0.2) is 53.5 Å². The van der Waals surface area contributed by atoms with Crippen LogP contribution >= 0.6 is 11.8 Å². The molecule has 10 heteroatoms. The van der Waals surface area contributed by atoms with E-state index in [0.717, 1.165) is 17.7 Å². The first-order chi connectivity index (χ1) is 17.3. The molecule has 1 aromatic heterocycles. The second kappa shape index (κ2) is 9.93. The highest BCUT2D eigenvalue weighted by molar-refractivity contribution is 8.00. The van der Waals surface area contributed by atoms with Gasteiger partial charge in [0.15, 0.2) is 0 Å². The molecule has 1 atom stereocenters. The number of alkyl halides is 3. The largest absolute Gasteiger partial charge is 0.467 e. The summed E-state index contributed by atoms with van der Waals surface area (Å²) < 4.78 is 44.5. The van der Waals surface area contributed by atoms with Gasteiger partial charge in [-0.05, 0) is 48.0 Å². The fourth-order valence-corrected chi connectivity index (χ4v) is 5.68. The molecule has 2 aliphatic heterocycles. The maximum Gasteiger partial charge on any atom is 0.416 e. The highest BCUT2D eigenvalue weighted by Gasteiger charge is 2.34. The van der Waals surface area contributed by atoms with Crippen molar-refractivity contribution in [1.82, 2.24) is 9.80 Å². The summed E-state index contributed by atoms with van der Waals surface area (Å²) in [4.78, 5) is 30.8. The standard InChI is InChI=1S/C26H24F3N3O3S/c27-26(28,29)20-3-1-4-21(15-20)30-10-12-31(13-11-30)24(34)18-6-8-19(9-7-18)25-32(23(33)17-36-25)16-22-5-2-14-35-22/h1-9,14-15,25H,10-13,16-17H2/t25-/m0/s1. The Morgan fingerprint density at radius 1 is 1.00 bits per heavy atom. The summed E-state index contributed by atoms with van der Waals surface area (Å²) >= 11 is 1.54. The van der Waals surface area contributed by atoms with E-state index in [-0.39, 0.29) is 17.2 Å². The predicted octanol–water partition coefficient (Wildman–Crippen LogP) is 5.04. The zero-order valence-corrected chi connectivity index (χ0v) is 20.1. The summed E-state index contributed by atoms with van der Waals surface area (Å²) in [7, 11) is 0. The first kappa shape index (κ1) is 24.3. The zero-order valence-electron chi connectivity index (χ0n) is 19.3. The number of hydrogen-bond acceptors (Lipinski definition) is 5. The molecule has 0 radical (unpaired) electrons. The number of thioether (sulfide) groups is 1. The minimum atomic E-state index is -4.39. The average molecular weight is 516 g/mol. The molecule has 2 aromatic carbocycles. The van der Waals surface area contributed by atoms with Crippen molar-refractivity contribution in [2.75, 3.05) is 36.8 Å². The van der Waals surface area contributed by atoms with Gasteiger partial charge in [-0.15, -0.1) is 11.8 Å². The fraction of sp³-hybridized carbons (Fsp3) is 0.308. The Kier molecular flexibility index (Phi) is 6.70. The maximum atomic E-state index is 13.1. The van der Waals surface area contributed by atoms with Crippen molar-refractivity contribution in [3.63, 3.8) is 0 Å². The van der Waals surface area contributed by atoms with Crippen molar-refractivity contribution in [3.05, 3.63) is 89.4 Å². The lowest BCUT2D eigenvalue weighted by Gasteiger charge is -2.36. The second-order valence-corrected chi connectivity index (χ2v) is 9.78. The third kappa shape index (κ3) is 5.09. The number of piperazine rings is 1. The van der Waals surface area contributed by atoms with E-state index < -0.39 is 11.7 Å². The highest BCUT2D eigenvalue weighted by atomic mass is 32.2. The molecule has 3 heterocycles. The SMILES string of the molecule is O=C(c1ccc([C@@H]2SCC(=O)N2Cc2ccco2)cc1)N1CCN(c2cccc(C(F)(F)F)c2)CC1. The molecular weight excluding hydrogens is 491 g/mol. The van der Waals surface area contributed by atoms with Gasteiger partial charge in [-0.2, -0.15) is 13.2 Å². The highest BCUT2D eigenvalue weighted by Crippen LogP contribution is 2.39. The Labute approximate surface area is 210 Å². The Morgan fingerprint density at radius 2 is 1.75 bits per heavy atom. The molecule has 0 unspecified atom stereocenters. The molecule has 0 spiro atoms. The topological polar surface area (TPSA) is 57.0 Å². The van der Waals surface area contributed by atoms with Gasteiger partial charge in [0.25, 0.3) is 5.91 Å². The molecule has 2 fully saturated rings. The van der Waals surface area contributed by atoms with Gasteiger partial charge in [0.05, 0.1) is 24.1 Å². The average Bonchev–Trinajstić information content (AvgIpc) is 3.54. The number of anilines is 1. The van der Waals surface area contributed by atoms with E-state index >= 15 is 0 Å². The number of carbonyl (C=O) groups is 2. The van der Waals surface area contributed by atoms with E-state index in [4.69, 9.17) is 4.42 Å². The number of hydrogen-bond donors (Lipinski definition) is 0. The molecule has 6 nitrogen and oxygen atoms in total. The van der Waals surface area contributed by atoms with Gasteiger partial charge in [-0.25, -0.2) is 0 Å². The number of nitrogens with zero attached hydrogens (tertiary/aromatic N) is 3. The van der Waals surface area contributed by atoms with Crippen molar-refractivity contribution in [3.8, 4) is 0 Å². The second-order valence-electron chi connectivity index (χ2n) is 8.71. The van der Waals surface area contributed by atoms with Gasteiger partial charge in [0.2, 0.25) is 5.91 Å². The van der Waals surface area contributed by atoms with Crippen LogP contribution in [0, 0.1) is 0 Å². The van der Waals surface area contributed by atoms with Crippen molar-refractivity contribution >= 4 is 29.3 Å². The number of carbonyl (C=O) groups excluding carboxylic acids is 2. The Hall–Kier alpha value is -3.40. The smallest absolute Gasteiger partial charge is 0.416 e. The lowest BCUT2D eigenvalue weighted by atomic mass is 10.1. The van der Waals surface area contributed by atoms with Crippen LogP contribution in [0.15, 0.2) is 71.3 Å². The van der Waals surface area contributed by atoms with Crippen LogP contribution in [0.3, 0.4) is 0 Å². The predicted molar refractivity (Wildman–Crippen MR) is 130 cm³/mol. The van der Waals surface area contributed by atoms with E-state index in [1.807, 2.05) is 23.1 Å². The molecule has 0 aliphatic carbocycles. The Balaban J connectivity index is 1.21. The molecule has 0 N–H and O–H groups in total.